The lowest BCUT2D eigenvalue weighted by atomic mass is 10.1. The molecule has 0 unspecified atom stereocenters. The highest BCUT2D eigenvalue weighted by molar-refractivity contribution is 5.04. The van der Waals surface area contributed by atoms with Gasteiger partial charge in [0, 0.05) is 6.42 Å². The van der Waals surface area contributed by atoms with E-state index in [4.69, 9.17) is 14.5 Å². The molecular formula is C9H14O3. The van der Waals surface area contributed by atoms with Crippen LogP contribution in [-0.4, -0.2) is 18.0 Å². The van der Waals surface area contributed by atoms with Crippen LogP contribution >= 0.6 is 0 Å². The van der Waals surface area contributed by atoms with Crippen LogP contribution in [0.3, 0.4) is 0 Å². The first-order valence-corrected chi connectivity index (χ1v) is 4.28. The summed E-state index contributed by atoms with van der Waals surface area (Å²) in [7, 11) is 0. The molecule has 0 amide bonds. The molecule has 0 aliphatic carbocycles. The van der Waals surface area contributed by atoms with Crippen molar-refractivity contribution in [1.82, 2.24) is 0 Å². The van der Waals surface area contributed by atoms with Crippen molar-refractivity contribution in [1.29, 1.82) is 0 Å². The third-order valence-electron chi connectivity index (χ3n) is 2.44. The molecule has 3 nitrogen and oxygen atoms in total. The summed E-state index contributed by atoms with van der Waals surface area (Å²) in [4.78, 5) is 10.4. The van der Waals surface area contributed by atoms with Crippen molar-refractivity contribution in [3.63, 3.8) is 0 Å². The van der Waals surface area contributed by atoms with E-state index in [0.717, 1.165) is 18.4 Å². The molecule has 2 fully saturated rings. The van der Waals surface area contributed by atoms with E-state index in [-0.39, 0.29) is 12.2 Å². The van der Waals surface area contributed by atoms with Gasteiger partial charge in [0.15, 0.2) is 5.79 Å². The van der Waals surface area contributed by atoms with Crippen molar-refractivity contribution in [3.8, 4) is 0 Å². The second-order valence-corrected chi connectivity index (χ2v) is 3.78. The van der Waals surface area contributed by atoms with Gasteiger partial charge in [-0.2, -0.15) is 0 Å². The normalized spacial score (nSPS) is 46.2. The van der Waals surface area contributed by atoms with Crippen LogP contribution < -0.4 is 0 Å². The standard InChI is InChI=1S/C9H14O3/c1-6(2)8-7-4-5-9(3,10-7)12-11-8/h7-8H,1,4-5H2,2-3H3/t7-,8-,9-/m0/s1. The van der Waals surface area contributed by atoms with Gasteiger partial charge in [0.1, 0.15) is 6.10 Å². The third kappa shape index (κ3) is 1.18. The van der Waals surface area contributed by atoms with Gasteiger partial charge in [-0.25, -0.2) is 9.78 Å². The molecule has 3 atom stereocenters. The van der Waals surface area contributed by atoms with Crippen molar-refractivity contribution >= 4 is 0 Å². The van der Waals surface area contributed by atoms with Crippen LogP contribution in [0.25, 0.3) is 0 Å². The molecule has 2 aliphatic rings. The molecule has 0 aromatic carbocycles. The number of hydrogen-bond acceptors (Lipinski definition) is 3. The first kappa shape index (κ1) is 8.23. The lowest BCUT2D eigenvalue weighted by Gasteiger charge is -2.34. The minimum Gasteiger partial charge on any atom is -0.341 e. The molecule has 2 bridgehead atoms. The molecule has 0 saturated carbocycles. The van der Waals surface area contributed by atoms with Gasteiger partial charge < -0.3 is 4.74 Å². The summed E-state index contributed by atoms with van der Waals surface area (Å²) in [5.74, 6) is -0.503. The van der Waals surface area contributed by atoms with Gasteiger partial charge in [0.2, 0.25) is 0 Å². The van der Waals surface area contributed by atoms with Gasteiger partial charge in [-0.05, 0) is 25.8 Å². The van der Waals surface area contributed by atoms with E-state index in [1.807, 2.05) is 13.8 Å². The maximum absolute atomic E-state index is 5.65. The van der Waals surface area contributed by atoms with Crippen LogP contribution in [0, 0.1) is 0 Å². The maximum Gasteiger partial charge on any atom is 0.199 e. The van der Waals surface area contributed by atoms with E-state index in [1.54, 1.807) is 0 Å². The van der Waals surface area contributed by atoms with E-state index in [2.05, 4.69) is 6.58 Å². The summed E-state index contributed by atoms with van der Waals surface area (Å²) in [6, 6.07) is 0. The monoisotopic (exact) mass is 170 g/mol. The Labute approximate surface area is 72.2 Å². The van der Waals surface area contributed by atoms with Crippen LogP contribution in [-0.2, 0) is 14.5 Å². The molecule has 2 aliphatic heterocycles. The van der Waals surface area contributed by atoms with Crippen molar-refractivity contribution < 1.29 is 14.5 Å². The lowest BCUT2D eigenvalue weighted by molar-refractivity contribution is -0.473. The zero-order valence-corrected chi connectivity index (χ0v) is 7.50. The summed E-state index contributed by atoms with van der Waals surface area (Å²) in [6.07, 6.45) is 1.96. The minimum atomic E-state index is -0.503. The highest BCUT2D eigenvalue weighted by Crippen LogP contribution is 2.39. The second kappa shape index (κ2) is 2.55. The topological polar surface area (TPSA) is 27.7 Å². The number of rotatable bonds is 1. The molecule has 0 radical (unpaired) electrons. The molecule has 0 aromatic heterocycles. The van der Waals surface area contributed by atoms with Crippen molar-refractivity contribution in [3.05, 3.63) is 12.2 Å². The van der Waals surface area contributed by atoms with Crippen molar-refractivity contribution in [2.75, 3.05) is 0 Å². The van der Waals surface area contributed by atoms with E-state index < -0.39 is 5.79 Å². The Morgan fingerprint density at radius 3 is 3.00 bits per heavy atom. The first-order valence-electron chi connectivity index (χ1n) is 4.28. The van der Waals surface area contributed by atoms with Gasteiger partial charge in [0.25, 0.3) is 0 Å². The predicted octanol–water partition coefficient (Wildman–Crippen LogP) is 1.79. The van der Waals surface area contributed by atoms with Crippen LogP contribution in [0.5, 0.6) is 0 Å². The van der Waals surface area contributed by atoms with Gasteiger partial charge in [-0.3, -0.25) is 0 Å². The molecule has 2 rings (SSSR count). The summed E-state index contributed by atoms with van der Waals surface area (Å²) < 4.78 is 5.65. The van der Waals surface area contributed by atoms with Gasteiger partial charge in [-0.15, -0.1) is 0 Å². The molecule has 68 valence electrons. The Balaban J connectivity index is 2.11. The van der Waals surface area contributed by atoms with Gasteiger partial charge in [0.05, 0.1) is 6.10 Å². The fraction of sp³-hybridized carbons (Fsp3) is 0.778. The zero-order chi connectivity index (χ0) is 8.77. The van der Waals surface area contributed by atoms with E-state index in [9.17, 15) is 0 Å². The quantitative estimate of drug-likeness (QED) is 0.443. The largest absolute Gasteiger partial charge is 0.341 e. The molecular weight excluding hydrogens is 156 g/mol. The molecule has 2 saturated heterocycles. The summed E-state index contributed by atoms with van der Waals surface area (Å²) in [5.41, 5.74) is 0.962. The van der Waals surface area contributed by atoms with E-state index >= 15 is 0 Å². The van der Waals surface area contributed by atoms with Crippen molar-refractivity contribution in [2.45, 2.75) is 44.7 Å². The highest BCUT2D eigenvalue weighted by Gasteiger charge is 2.47. The fourth-order valence-electron chi connectivity index (χ4n) is 1.73. The van der Waals surface area contributed by atoms with Gasteiger partial charge >= 0.3 is 0 Å². The second-order valence-electron chi connectivity index (χ2n) is 3.78. The smallest absolute Gasteiger partial charge is 0.199 e. The zero-order valence-electron chi connectivity index (χ0n) is 7.50. The van der Waals surface area contributed by atoms with Gasteiger partial charge in [-0.1, -0.05) is 6.58 Å². The average Bonchev–Trinajstić information content (AvgIpc) is 2.27. The van der Waals surface area contributed by atoms with Crippen LogP contribution in [0.4, 0.5) is 0 Å². The average molecular weight is 170 g/mol. The fourth-order valence-corrected chi connectivity index (χ4v) is 1.73. The Hall–Kier alpha value is -0.380. The maximum atomic E-state index is 5.65. The Kier molecular flexibility index (Phi) is 1.75. The lowest BCUT2D eigenvalue weighted by Crippen LogP contribution is -2.42. The van der Waals surface area contributed by atoms with Crippen LogP contribution in [0.2, 0.25) is 0 Å². The molecule has 0 spiro atoms. The highest BCUT2D eigenvalue weighted by atomic mass is 17.2. The summed E-state index contributed by atoms with van der Waals surface area (Å²) >= 11 is 0. The number of hydrogen-bond donors (Lipinski definition) is 0. The first-order chi connectivity index (χ1) is 5.61. The van der Waals surface area contributed by atoms with E-state index in [1.165, 1.54) is 0 Å². The molecule has 0 aromatic rings. The summed E-state index contributed by atoms with van der Waals surface area (Å²) in [6.45, 7) is 7.67. The molecule has 3 heteroatoms. The minimum absolute atomic E-state index is 0.0828. The Morgan fingerprint density at radius 1 is 1.58 bits per heavy atom. The number of fused-ring (bicyclic) bond motifs is 2. The summed E-state index contributed by atoms with van der Waals surface area (Å²) in [5, 5.41) is 0. The molecule has 2 heterocycles. The SMILES string of the molecule is C=C(C)[C@@H]1OO[C@@]2(C)CC[C@@H]1O2. The van der Waals surface area contributed by atoms with E-state index in [0.29, 0.717) is 0 Å². The predicted molar refractivity (Wildman–Crippen MR) is 43.3 cm³/mol. The van der Waals surface area contributed by atoms with Crippen molar-refractivity contribution in [2.24, 2.45) is 0 Å². The van der Waals surface area contributed by atoms with Crippen LogP contribution in [0.1, 0.15) is 26.7 Å². The Morgan fingerprint density at radius 2 is 2.33 bits per heavy atom. The number of ether oxygens (including phenoxy) is 1. The van der Waals surface area contributed by atoms with Crippen LogP contribution in [0.15, 0.2) is 12.2 Å². The Bertz CT molecular complexity index is 214. The third-order valence-corrected chi connectivity index (χ3v) is 2.44. The molecule has 0 N–H and O–H groups in total. The molecule has 12 heavy (non-hydrogen) atoms.